The van der Waals surface area contributed by atoms with Crippen LogP contribution in [0, 0.1) is 0 Å². The van der Waals surface area contributed by atoms with Crippen molar-refractivity contribution in [3.05, 3.63) is 29.8 Å². The Balaban J connectivity index is 2.02. The van der Waals surface area contributed by atoms with Gasteiger partial charge in [-0.2, -0.15) is 0 Å². The lowest BCUT2D eigenvalue weighted by Crippen LogP contribution is -2.53. The molecule has 5 heteroatoms. The van der Waals surface area contributed by atoms with Gasteiger partial charge in [0.25, 0.3) is 0 Å². The predicted octanol–water partition coefficient (Wildman–Crippen LogP) is 1.41. The van der Waals surface area contributed by atoms with Gasteiger partial charge < -0.3 is 15.8 Å². The van der Waals surface area contributed by atoms with Gasteiger partial charge in [-0.15, -0.1) is 0 Å². The third-order valence-electron chi connectivity index (χ3n) is 3.76. The van der Waals surface area contributed by atoms with E-state index in [1.807, 2.05) is 12.1 Å². The van der Waals surface area contributed by atoms with E-state index in [2.05, 4.69) is 5.32 Å². The molecule has 1 saturated carbocycles. The summed E-state index contributed by atoms with van der Waals surface area (Å²) in [6.07, 6.45) is 3.38. The van der Waals surface area contributed by atoms with Crippen molar-refractivity contribution in [1.82, 2.24) is 5.32 Å². The maximum atomic E-state index is 12.1. The Morgan fingerprint density at radius 2 is 1.85 bits per heavy atom. The van der Waals surface area contributed by atoms with Crippen LogP contribution in [-0.4, -0.2) is 24.5 Å². The van der Waals surface area contributed by atoms with E-state index in [1.165, 1.54) is 7.11 Å². The molecule has 20 heavy (non-hydrogen) atoms. The second kappa shape index (κ2) is 5.94. The lowest BCUT2D eigenvalue weighted by Gasteiger charge is -2.27. The zero-order valence-electron chi connectivity index (χ0n) is 11.6. The molecule has 0 saturated heterocycles. The number of rotatable bonds is 4. The molecular weight excluding hydrogens is 256 g/mol. The van der Waals surface area contributed by atoms with Gasteiger partial charge in [0.15, 0.2) is 0 Å². The minimum atomic E-state index is -0.834. The van der Waals surface area contributed by atoms with Crippen LogP contribution in [0.5, 0.6) is 0 Å². The van der Waals surface area contributed by atoms with Crippen LogP contribution in [0.4, 0.5) is 5.69 Å². The minimum absolute atomic E-state index is 0.165. The third-order valence-corrected chi connectivity index (χ3v) is 3.76. The quantitative estimate of drug-likeness (QED) is 0.643. The number of esters is 1. The summed E-state index contributed by atoms with van der Waals surface area (Å²) < 4.78 is 4.83. The van der Waals surface area contributed by atoms with Crippen LogP contribution >= 0.6 is 0 Å². The largest absolute Gasteiger partial charge is 0.467 e. The van der Waals surface area contributed by atoms with Gasteiger partial charge in [-0.1, -0.05) is 25.0 Å². The van der Waals surface area contributed by atoms with Crippen molar-refractivity contribution < 1.29 is 14.3 Å². The monoisotopic (exact) mass is 276 g/mol. The molecule has 3 N–H and O–H groups in total. The van der Waals surface area contributed by atoms with E-state index >= 15 is 0 Å². The van der Waals surface area contributed by atoms with Gasteiger partial charge in [0.05, 0.1) is 13.5 Å². The number of hydrogen-bond acceptors (Lipinski definition) is 4. The Morgan fingerprint density at radius 3 is 2.40 bits per heavy atom. The Bertz CT molecular complexity index is 490. The minimum Gasteiger partial charge on any atom is -0.467 e. The highest BCUT2D eigenvalue weighted by Gasteiger charge is 2.43. The highest BCUT2D eigenvalue weighted by molar-refractivity contribution is 5.89. The van der Waals surface area contributed by atoms with E-state index in [4.69, 9.17) is 10.5 Å². The van der Waals surface area contributed by atoms with Gasteiger partial charge >= 0.3 is 5.97 Å². The summed E-state index contributed by atoms with van der Waals surface area (Å²) in [4.78, 5) is 24.0. The molecule has 1 amide bonds. The number of nitrogens with one attached hydrogen (secondary N) is 1. The van der Waals surface area contributed by atoms with Crippen molar-refractivity contribution in [3.8, 4) is 0 Å². The molecule has 0 radical (unpaired) electrons. The molecule has 0 spiro atoms. The molecule has 0 aromatic heterocycles. The average molecular weight is 276 g/mol. The van der Waals surface area contributed by atoms with Crippen LogP contribution < -0.4 is 11.1 Å². The zero-order valence-corrected chi connectivity index (χ0v) is 11.6. The molecule has 1 aromatic carbocycles. The predicted molar refractivity (Wildman–Crippen MR) is 75.9 cm³/mol. The number of nitrogens with two attached hydrogens (primary N) is 1. The van der Waals surface area contributed by atoms with Crippen molar-refractivity contribution in [2.45, 2.75) is 37.6 Å². The number of nitrogen functional groups attached to an aromatic ring is 1. The number of benzene rings is 1. The van der Waals surface area contributed by atoms with E-state index in [1.54, 1.807) is 12.1 Å². The number of carbonyl (C=O) groups excluding carboxylic acids is 2. The average Bonchev–Trinajstić information content (AvgIpc) is 2.90. The van der Waals surface area contributed by atoms with Crippen molar-refractivity contribution in [1.29, 1.82) is 0 Å². The topological polar surface area (TPSA) is 81.4 Å². The molecule has 0 aliphatic heterocycles. The van der Waals surface area contributed by atoms with Gasteiger partial charge in [-0.3, -0.25) is 4.79 Å². The molecular formula is C15H20N2O3. The fraction of sp³-hybridized carbons (Fsp3) is 0.467. The SMILES string of the molecule is COC(=O)C1(NC(=O)Cc2ccc(N)cc2)CCCC1. The summed E-state index contributed by atoms with van der Waals surface area (Å²) in [6.45, 7) is 0. The van der Waals surface area contributed by atoms with Crippen molar-refractivity contribution in [2.75, 3.05) is 12.8 Å². The first-order valence-corrected chi connectivity index (χ1v) is 6.79. The lowest BCUT2D eigenvalue weighted by atomic mass is 9.97. The Hall–Kier alpha value is -2.04. The van der Waals surface area contributed by atoms with Crippen molar-refractivity contribution >= 4 is 17.6 Å². The summed E-state index contributed by atoms with van der Waals surface area (Å²) in [5.74, 6) is -0.511. The molecule has 1 fully saturated rings. The number of ether oxygens (including phenoxy) is 1. The van der Waals surface area contributed by atoms with E-state index in [9.17, 15) is 9.59 Å². The summed E-state index contributed by atoms with van der Waals surface area (Å²) in [6, 6.07) is 7.14. The van der Waals surface area contributed by atoms with E-state index in [0.29, 0.717) is 18.5 Å². The first-order chi connectivity index (χ1) is 9.55. The van der Waals surface area contributed by atoms with Gasteiger partial charge in [-0.05, 0) is 30.5 Å². The summed E-state index contributed by atoms with van der Waals surface area (Å²) in [5, 5.41) is 2.86. The lowest BCUT2D eigenvalue weighted by molar-refractivity contribution is -0.150. The van der Waals surface area contributed by atoms with Gasteiger partial charge in [0.1, 0.15) is 5.54 Å². The second-order valence-electron chi connectivity index (χ2n) is 5.25. The molecule has 1 aromatic rings. The molecule has 5 nitrogen and oxygen atoms in total. The molecule has 0 heterocycles. The number of hydrogen-bond donors (Lipinski definition) is 2. The van der Waals surface area contributed by atoms with Gasteiger partial charge in [0.2, 0.25) is 5.91 Å². The fourth-order valence-corrected chi connectivity index (χ4v) is 2.69. The van der Waals surface area contributed by atoms with Crippen LogP contribution in [0.25, 0.3) is 0 Å². The third kappa shape index (κ3) is 3.10. The Morgan fingerprint density at radius 1 is 1.25 bits per heavy atom. The normalized spacial score (nSPS) is 16.6. The maximum absolute atomic E-state index is 12.1. The van der Waals surface area contributed by atoms with Crippen LogP contribution in [0.3, 0.4) is 0 Å². The zero-order chi connectivity index (χ0) is 14.6. The van der Waals surface area contributed by atoms with Crippen molar-refractivity contribution in [3.63, 3.8) is 0 Å². The fourth-order valence-electron chi connectivity index (χ4n) is 2.69. The summed E-state index contributed by atoms with van der Waals surface area (Å²) in [5.41, 5.74) is 6.31. The van der Waals surface area contributed by atoms with E-state index < -0.39 is 5.54 Å². The summed E-state index contributed by atoms with van der Waals surface area (Å²) >= 11 is 0. The number of amides is 1. The molecule has 0 unspecified atom stereocenters. The van der Waals surface area contributed by atoms with E-state index in [-0.39, 0.29) is 18.3 Å². The Kier molecular flexibility index (Phi) is 4.27. The van der Waals surface area contributed by atoms with E-state index in [0.717, 1.165) is 18.4 Å². The van der Waals surface area contributed by atoms with Crippen LogP contribution in [0.1, 0.15) is 31.2 Å². The smallest absolute Gasteiger partial charge is 0.331 e. The number of anilines is 1. The summed E-state index contributed by atoms with van der Waals surface area (Å²) in [7, 11) is 1.36. The second-order valence-corrected chi connectivity index (χ2v) is 5.25. The highest BCUT2D eigenvalue weighted by Crippen LogP contribution is 2.30. The molecule has 0 bridgehead atoms. The molecule has 108 valence electrons. The maximum Gasteiger partial charge on any atom is 0.331 e. The number of carbonyl (C=O) groups is 2. The highest BCUT2D eigenvalue weighted by atomic mass is 16.5. The van der Waals surface area contributed by atoms with Crippen LogP contribution in [-0.2, 0) is 20.7 Å². The first kappa shape index (κ1) is 14.4. The molecule has 1 aliphatic carbocycles. The Labute approximate surface area is 118 Å². The van der Waals surface area contributed by atoms with Gasteiger partial charge in [-0.25, -0.2) is 4.79 Å². The van der Waals surface area contributed by atoms with Crippen LogP contribution in [0.15, 0.2) is 24.3 Å². The molecule has 0 atom stereocenters. The van der Waals surface area contributed by atoms with Crippen LogP contribution in [0.2, 0.25) is 0 Å². The first-order valence-electron chi connectivity index (χ1n) is 6.79. The van der Waals surface area contributed by atoms with Gasteiger partial charge in [0, 0.05) is 5.69 Å². The number of methoxy groups -OCH3 is 1. The molecule has 2 rings (SSSR count). The van der Waals surface area contributed by atoms with Crippen molar-refractivity contribution in [2.24, 2.45) is 0 Å². The molecule has 1 aliphatic rings. The standard InChI is InChI=1S/C15H20N2O3/c1-20-14(19)15(8-2-3-9-15)17-13(18)10-11-4-6-12(16)7-5-11/h4-7H,2-3,8-10,16H2,1H3,(H,17,18).